The van der Waals surface area contributed by atoms with Gasteiger partial charge in [0.1, 0.15) is 11.4 Å². The highest BCUT2D eigenvalue weighted by Gasteiger charge is 2.46. The van der Waals surface area contributed by atoms with Crippen LogP contribution < -0.4 is 5.32 Å². The van der Waals surface area contributed by atoms with E-state index in [0.29, 0.717) is 25.9 Å². The molecule has 1 aromatic rings. The molecule has 1 N–H and O–H groups in total. The van der Waals surface area contributed by atoms with Gasteiger partial charge in [0.25, 0.3) is 0 Å². The number of imidazole rings is 1. The molecule has 110 valence electrons. The second-order valence-corrected chi connectivity index (χ2v) is 5.13. The average Bonchev–Trinajstić information content (AvgIpc) is 2.85. The summed E-state index contributed by atoms with van der Waals surface area (Å²) in [4.78, 5) is 30.4. The topological polar surface area (TPSA) is 67.2 Å². The Morgan fingerprint density at radius 3 is 2.55 bits per heavy atom. The summed E-state index contributed by atoms with van der Waals surface area (Å²) in [6.45, 7) is 7.13. The first-order chi connectivity index (χ1) is 9.55. The van der Waals surface area contributed by atoms with Gasteiger partial charge in [0.2, 0.25) is 11.8 Å². The van der Waals surface area contributed by atoms with Crippen molar-refractivity contribution in [2.24, 2.45) is 0 Å². The normalized spacial score (nSPS) is 18.2. The van der Waals surface area contributed by atoms with Crippen molar-refractivity contribution in [1.82, 2.24) is 19.8 Å². The molecule has 1 aromatic heterocycles. The Morgan fingerprint density at radius 1 is 1.30 bits per heavy atom. The van der Waals surface area contributed by atoms with Gasteiger partial charge >= 0.3 is 0 Å². The molecule has 0 atom stereocenters. The van der Waals surface area contributed by atoms with Gasteiger partial charge < -0.3 is 14.8 Å². The number of carbonyl (C=O) groups is 2. The van der Waals surface area contributed by atoms with Gasteiger partial charge in [-0.05, 0) is 19.8 Å². The second-order valence-electron chi connectivity index (χ2n) is 5.13. The summed E-state index contributed by atoms with van der Waals surface area (Å²) in [5, 5.41) is 2.71. The highest BCUT2D eigenvalue weighted by molar-refractivity contribution is 5.97. The zero-order valence-corrected chi connectivity index (χ0v) is 12.3. The maximum atomic E-state index is 12.2. The fraction of sp³-hybridized carbons (Fsp3) is 0.643. The number of aromatic nitrogens is 2. The molecule has 1 aliphatic heterocycles. The van der Waals surface area contributed by atoms with Gasteiger partial charge in [-0.25, -0.2) is 4.98 Å². The average molecular weight is 278 g/mol. The lowest BCUT2D eigenvalue weighted by Gasteiger charge is -2.45. The quantitative estimate of drug-likeness (QED) is 0.862. The lowest BCUT2D eigenvalue weighted by atomic mass is 9.87. The van der Waals surface area contributed by atoms with Gasteiger partial charge in [-0.15, -0.1) is 0 Å². The van der Waals surface area contributed by atoms with Gasteiger partial charge in [0, 0.05) is 25.5 Å². The SMILES string of the molecule is CCC1(CC)C(=O)NCC(=O)N1CCn1ccnc1C. The minimum atomic E-state index is -0.705. The zero-order valence-electron chi connectivity index (χ0n) is 12.3. The standard InChI is InChI=1S/C14H22N4O2/c1-4-14(5-2)13(20)16-10-12(19)18(14)9-8-17-7-6-15-11(17)3/h6-7H,4-5,8-10H2,1-3H3,(H,16,20). The fourth-order valence-corrected chi connectivity index (χ4v) is 2.92. The molecule has 1 fully saturated rings. The predicted octanol–water partition coefficient (Wildman–Crippen LogP) is 0.709. The van der Waals surface area contributed by atoms with E-state index in [1.165, 1.54) is 0 Å². The first-order valence-corrected chi connectivity index (χ1v) is 7.11. The van der Waals surface area contributed by atoms with Crippen LogP contribution in [0.1, 0.15) is 32.5 Å². The number of hydrogen-bond donors (Lipinski definition) is 1. The molecule has 1 saturated heterocycles. The van der Waals surface area contributed by atoms with Gasteiger partial charge in [0.05, 0.1) is 6.54 Å². The van der Waals surface area contributed by atoms with E-state index in [0.717, 1.165) is 5.82 Å². The molecule has 0 aliphatic carbocycles. The molecule has 0 bridgehead atoms. The summed E-state index contributed by atoms with van der Waals surface area (Å²) in [5.74, 6) is 0.869. The van der Waals surface area contributed by atoms with Crippen LogP contribution in [-0.4, -0.2) is 44.9 Å². The summed E-state index contributed by atoms with van der Waals surface area (Å²) in [6, 6.07) is 0. The number of nitrogens with one attached hydrogen (secondary N) is 1. The van der Waals surface area contributed by atoms with Crippen LogP contribution in [0.15, 0.2) is 12.4 Å². The lowest BCUT2D eigenvalue weighted by molar-refractivity contribution is -0.154. The molecule has 6 nitrogen and oxygen atoms in total. The Bertz CT molecular complexity index is 505. The molecule has 2 heterocycles. The van der Waals surface area contributed by atoms with Crippen molar-refractivity contribution in [1.29, 1.82) is 0 Å². The van der Waals surface area contributed by atoms with Crippen LogP contribution in [0.2, 0.25) is 0 Å². The van der Waals surface area contributed by atoms with Crippen molar-refractivity contribution in [3.05, 3.63) is 18.2 Å². The fourth-order valence-electron chi connectivity index (χ4n) is 2.92. The van der Waals surface area contributed by atoms with E-state index in [1.807, 2.05) is 31.5 Å². The number of aryl methyl sites for hydroxylation is 1. The maximum Gasteiger partial charge on any atom is 0.246 e. The van der Waals surface area contributed by atoms with Crippen LogP contribution in [0.3, 0.4) is 0 Å². The summed E-state index contributed by atoms with van der Waals surface area (Å²) in [7, 11) is 0. The highest BCUT2D eigenvalue weighted by atomic mass is 16.2. The number of hydrogen-bond acceptors (Lipinski definition) is 3. The Balaban J connectivity index is 2.19. The molecule has 0 spiro atoms. The van der Waals surface area contributed by atoms with Gasteiger partial charge in [-0.3, -0.25) is 9.59 Å². The largest absolute Gasteiger partial charge is 0.345 e. The Morgan fingerprint density at radius 2 is 2.00 bits per heavy atom. The van der Waals surface area contributed by atoms with Gasteiger partial charge in [-0.2, -0.15) is 0 Å². The summed E-state index contributed by atoms with van der Waals surface area (Å²) in [6.07, 6.45) is 4.89. The number of rotatable bonds is 5. The second kappa shape index (κ2) is 5.64. The third-order valence-electron chi connectivity index (χ3n) is 4.30. The summed E-state index contributed by atoms with van der Waals surface area (Å²) < 4.78 is 2.00. The smallest absolute Gasteiger partial charge is 0.246 e. The molecule has 0 saturated carbocycles. The van der Waals surface area contributed by atoms with Crippen molar-refractivity contribution >= 4 is 11.8 Å². The van der Waals surface area contributed by atoms with Crippen LogP contribution in [0, 0.1) is 6.92 Å². The minimum Gasteiger partial charge on any atom is -0.345 e. The van der Waals surface area contributed by atoms with E-state index in [2.05, 4.69) is 10.3 Å². The molecule has 2 amide bonds. The Hall–Kier alpha value is -1.85. The monoisotopic (exact) mass is 278 g/mol. The molecule has 0 unspecified atom stereocenters. The van der Waals surface area contributed by atoms with Crippen LogP contribution in [-0.2, 0) is 16.1 Å². The third-order valence-corrected chi connectivity index (χ3v) is 4.30. The van der Waals surface area contributed by atoms with Crippen LogP contribution in [0.5, 0.6) is 0 Å². The number of nitrogens with zero attached hydrogens (tertiary/aromatic N) is 3. The maximum absolute atomic E-state index is 12.2. The third kappa shape index (κ3) is 2.30. The van der Waals surface area contributed by atoms with Gasteiger partial charge in [-0.1, -0.05) is 13.8 Å². The van der Waals surface area contributed by atoms with Crippen LogP contribution in [0.25, 0.3) is 0 Å². The molecule has 6 heteroatoms. The Labute approximate surface area is 119 Å². The van der Waals surface area contributed by atoms with E-state index < -0.39 is 5.54 Å². The van der Waals surface area contributed by atoms with E-state index in [1.54, 1.807) is 11.1 Å². The first kappa shape index (κ1) is 14.6. The van der Waals surface area contributed by atoms with Crippen molar-refractivity contribution in [2.45, 2.75) is 45.7 Å². The van der Waals surface area contributed by atoms with E-state index in [9.17, 15) is 9.59 Å². The molecule has 0 radical (unpaired) electrons. The molecule has 2 rings (SSSR count). The predicted molar refractivity (Wildman–Crippen MR) is 75.0 cm³/mol. The van der Waals surface area contributed by atoms with Crippen LogP contribution in [0.4, 0.5) is 0 Å². The molecule has 0 aromatic carbocycles. The molecule has 1 aliphatic rings. The summed E-state index contributed by atoms with van der Waals surface area (Å²) >= 11 is 0. The van der Waals surface area contributed by atoms with Crippen molar-refractivity contribution in [3.63, 3.8) is 0 Å². The van der Waals surface area contributed by atoms with Crippen LogP contribution >= 0.6 is 0 Å². The lowest BCUT2D eigenvalue weighted by Crippen LogP contribution is -2.67. The molecule has 20 heavy (non-hydrogen) atoms. The van der Waals surface area contributed by atoms with E-state index in [-0.39, 0.29) is 18.4 Å². The summed E-state index contributed by atoms with van der Waals surface area (Å²) in [5.41, 5.74) is -0.705. The van der Waals surface area contributed by atoms with Gasteiger partial charge in [0.15, 0.2) is 0 Å². The number of carbonyl (C=O) groups excluding carboxylic acids is 2. The highest BCUT2D eigenvalue weighted by Crippen LogP contribution is 2.27. The van der Waals surface area contributed by atoms with Crippen molar-refractivity contribution < 1.29 is 9.59 Å². The zero-order chi connectivity index (χ0) is 14.8. The van der Waals surface area contributed by atoms with E-state index in [4.69, 9.17) is 0 Å². The van der Waals surface area contributed by atoms with E-state index >= 15 is 0 Å². The Kier molecular flexibility index (Phi) is 4.11. The number of piperazine rings is 1. The molecular weight excluding hydrogens is 256 g/mol. The molecular formula is C14H22N4O2. The minimum absolute atomic E-state index is 0.00827. The number of amides is 2. The van der Waals surface area contributed by atoms with Crippen molar-refractivity contribution in [3.8, 4) is 0 Å². The first-order valence-electron chi connectivity index (χ1n) is 7.11. The van der Waals surface area contributed by atoms with Crippen molar-refractivity contribution in [2.75, 3.05) is 13.1 Å².